The molecule has 33 heavy (non-hydrogen) atoms. The van der Waals surface area contributed by atoms with E-state index in [1.54, 1.807) is 18.5 Å². The topological polar surface area (TPSA) is 69.3 Å². The Morgan fingerprint density at radius 2 is 1.82 bits per heavy atom. The van der Waals surface area contributed by atoms with Crippen LogP contribution in [0.3, 0.4) is 0 Å². The van der Waals surface area contributed by atoms with Gasteiger partial charge in [0.2, 0.25) is 0 Å². The van der Waals surface area contributed by atoms with E-state index in [4.69, 9.17) is 16.3 Å². The van der Waals surface area contributed by atoms with Crippen LogP contribution < -0.4 is 10.3 Å². The second-order valence-corrected chi connectivity index (χ2v) is 8.05. The number of hydrogen-bond donors (Lipinski definition) is 1. The van der Waals surface area contributed by atoms with Crippen LogP contribution in [0.4, 0.5) is 8.78 Å². The zero-order valence-corrected chi connectivity index (χ0v) is 18.6. The van der Waals surface area contributed by atoms with Crippen molar-refractivity contribution in [1.82, 2.24) is 14.1 Å². The first-order valence-corrected chi connectivity index (χ1v) is 10.4. The highest BCUT2D eigenvalue weighted by atomic mass is 35.5. The molecule has 0 aliphatic carbocycles. The monoisotopic (exact) mass is 471 g/mol. The Kier molecular flexibility index (Phi) is 6.31. The van der Waals surface area contributed by atoms with Crippen LogP contribution in [-0.4, -0.2) is 25.8 Å². The number of aryl methyl sites for hydroxylation is 2. The summed E-state index contributed by atoms with van der Waals surface area (Å²) in [6.45, 7) is 3.21. The van der Waals surface area contributed by atoms with E-state index in [0.29, 0.717) is 11.8 Å². The molecule has 0 bridgehead atoms. The van der Waals surface area contributed by atoms with E-state index in [1.807, 2.05) is 30.7 Å². The number of nitrogens with zero attached hydrogens (tertiary/aromatic N) is 3. The van der Waals surface area contributed by atoms with Crippen LogP contribution in [0.25, 0.3) is 5.69 Å². The zero-order chi connectivity index (χ0) is 23.7. The summed E-state index contributed by atoms with van der Waals surface area (Å²) in [6.07, 6.45) is 4.89. The molecule has 0 saturated heterocycles. The lowest BCUT2D eigenvalue weighted by Gasteiger charge is -2.20. The van der Waals surface area contributed by atoms with Gasteiger partial charge in [0.25, 0.3) is 5.56 Å². The first kappa shape index (κ1) is 22.7. The van der Waals surface area contributed by atoms with Gasteiger partial charge in [0.05, 0.1) is 29.7 Å². The van der Waals surface area contributed by atoms with Gasteiger partial charge in [-0.05, 0) is 55.3 Å². The van der Waals surface area contributed by atoms with Crippen molar-refractivity contribution in [3.63, 3.8) is 0 Å². The minimum Gasteiger partial charge on any atom is -0.451 e. The summed E-state index contributed by atoms with van der Waals surface area (Å²) < 4.78 is 36.2. The van der Waals surface area contributed by atoms with E-state index >= 15 is 0 Å². The number of pyridine rings is 1. The van der Waals surface area contributed by atoms with E-state index in [2.05, 4.69) is 4.98 Å². The molecule has 2 aromatic heterocycles. The van der Waals surface area contributed by atoms with E-state index in [9.17, 15) is 18.7 Å². The van der Waals surface area contributed by atoms with Crippen LogP contribution in [0.5, 0.6) is 11.5 Å². The van der Waals surface area contributed by atoms with Crippen LogP contribution >= 0.6 is 11.6 Å². The summed E-state index contributed by atoms with van der Waals surface area (Å²) in [5, 5.41) is 10.0. The molecule has 2 heterocycles. The Balaban J connectivity index is 1.70. The number of halogens is 3. The number of ether oxygens (including phenoxy) is 1. The highest BCUT2D eigenvalue weighted by Crippen LogP contribution is 2.27. The van der Waals surface area contributed by atoms with Gasteiger partial charge in [0.1, 0.15) is 17.4 Å². The van der Waals surface area contributed by atoms with Gasteiger partial charge in [-0.2, -0.15) is 0 Å². The lowest BCUT2D eigenvalue weighted by atomic mass is 10.1. The minimum absolute atomic E-state index is 0.0844. The van der Waals surface area contributed by atoms with Crippen LogP contribution in [0.1, 0.15) is 22.9 Å². The molecule has 6 nitrogen and oxygen atoms in total. The quantitative estimate of drug-likeness (QED) is 0.431. The highest BCUT2D eigenvalue weighted by Gasteiger charge is 2.20. The number of benzene rings is 2. The van der Waals surface area contributed by atoms with Gasteiger partial charge in [0, 0.05) is 30.2 Å². The molecule has 0 amide bonds. The largest absolute Gasteiger partial charge is 0.451 e. The molecule has 0 aliphatic rings. The van der Waals surface area contributed by atoms with Crippen molar-refractivity contribution in [2.75, 3.05) is 6.61 Å². The van der Waals surface area contributed by atoms with Gasteiger partial charge >= 0.3 is 0 Å². The van der Waals surface area contributed by atoms with E-state index in [0.717, 1.165) is 33.6 Å². The van der Waals surface area contributed by atoms with Gasteiger partial charge < -0.3 is 19.0 Å². The average Bonchev–Trinajstić information content (AvgIpc) is 3.17. The fourth-order valence-corrected chi connectivity index (χ4v) is 3.83. The summed E-state index contributed by atoms with van der Waals surface area (Å²) in [5.74, 6) is -1.34. The maximum atomic E-state index is 13.7. The van der Waals surface area contributed by atoms with Gasteiger partial charge in [-0.15, -0.1) is 0 Å². The molecule has 0 fully saturated rings. The summed E-state index contributed by atoms with van der Waals surface area (Å²) in [5.41, 5.74) is 2.14. The highest BCUT2D eigenvalue weighted by molar-refractivity contribution is 6.30. The molecule has 4 rings (SSSR count). The third kappa shape index (κ3) is 4.81. The van der Waals surface area contributed by atoms with E-state index < -0.39 is 29.8 Å². The molecule has 1 N–H and O–H groups in total. The maximum absolute atomic E-state index is 13.7. The SMILES string of the molecule is Cc1cn(-c2ccc(Oc3cc(Cl)cn([C@@H](CO)c4cc(F)cc(F)c4)c3=O)cc2C)cn1. The van der Waals surface area contributed by atoms with Crippen molar-refractivity contribution in [2.45, 2.75) is 19.9 Å². The fourth-order valence-electron chi connectivity index (χ4n) is 3.63. The second kappa shape index (κ2) is 9.17. The molecular formula is C24H20ClF2N3O3. The van der Waals surface area contributed by atoms with Crippen molar-refractivity contribution in [1.29, 1.82) is 0 Å². The minimum atomic E-state index is -1.06. The number of aliphatic hydroxyl groups excluding tert-OH is 1. The fraction of sp³-hybridized carbons (Fsp3) is 0.167. The Labute approximate surface area is 193 Å². The summed E-state index contributed by atoms with van der Waals surface area (Å²) >= 11 is 6.20. The second-order valence-electron chi connectivity index (χ2n) is 7.61. The Morgan fingerprint density at radius 3 is 2.42 bits per heavy atom. The molecule has 1 atom stereocenters. The normalized spacial score (nSPS) is 12.1. The molecule has 0 saturated carbocycles. The molecule has 9 heteroatoms. The van der Waals surface area contributed by atoms with Gasteiger partial charge in [0.15, 0.2) is 5.75 Å². The van der Waals surface area contributed by atoms with Gasteiger partial charge in [-0.25, -0.2) is 13.8 Å². The smallest absolute Gasteiger partial charge is 0.294 e. The molecule has 170 valence electrons. The zero-order valence-electron chi connectivity index (χ0n) is 17.8. The van der Waals surface area contributed by atoms with Crippen molar-refractivity contribution >= 4 is 11.6 Å². The van der Waals surface area contributed by atoms with Crippen molar-refractivity contribution in [3.05, 3.63) is 105 Å². The van der Waals surface area contributed by atoms with Crippen molar-refractivity contribution < 1.29 is 18.6 Å². The van der Waals surface area contributed by atoms with Crippen LogP contribution in [-0.2, 0) is 0 Å². The van der Waals surface area contributed by atoms with Crippen molar-refractivity contribution in [3.8, 4) is 17.2 Å². The first-order valence-electron chi connectivity index (χ1n) is 10.0. The molecular weight excluding hydrogens is 452 g/mol. The lowest BCUT2D eigenvalue weighted by Crippen LogP contribution is -2.28. The summed E-state index contributed by atoms with van der Waals surface area (Å²) in [7, 11) is 0. The van der Waals surface area contributed by atoms with Gasteiger partial charge in [-0.3, -0.25) is 4.79 Å². The molecule has 2 aromatic carbocycles. The lowest BCUT2D eigenvalue weighted by molar-refractivity contribution is 0.245. The number of hydrogen-bond acceptors (Lipinski definition) is 4. The molecule has 4 aromatic rings. The average molecular weight is 472 g/mol. The summed E-state index contributed by atoms with van der Waals surface area (Å²) in [4.78, 5) is 17.3. The predicted molar refractivity (Wildman–Crippen MR) is 120 cm³/mol. The Hall–Kier alpha value is -3.49. The molecule has 0 spiro atoms. The summed E-state index contributed by atoms with van der Waals surface area (Å²) in [6, 6.07) is 8.41. The van der Waals surface area contributed by atoms with Crippen molar-refractivity contribution in [2.24, 2.45) is 0 Å². The maximum Gasteiger partial charge on any atom is 0.294 e. The number of rotatable bonds is 6. The molecule has 0 radical (unpaired) electrons. The first-order chi connectivity index (χ1) is 15.7. The standard InChI is InChI=1S/C24H20ClF2N3O3/c1-14-5-20(3-4-21(14)29-10-15(2)28-13-29)33-23-8-17(25)11-30(24(23)32)22(12-31)16-6-18(26)9-19(27)7-16/h3-11,13,22,31H,12H2,1-2H3/t22-/m0/s1. The van der Waals surface area contributed by atoms with Gasteiger partial charge in [-0.1, -0.05) is 11.6 Å². The van der Waals surface area contributed by atoms with Crippen LogP contribution in [0.15, 0.2) is 66.0 Å². The van der Waals surface area contributed by atoms with E-state index in [-0.39, 0.29) is 16.3 Å². The Bertz CT molecular complexity index is 1360. The molecule has 0 aliphatic heterocycles. The van der Waals surface area contributed by atoms with Crippen LogP contribution in [0.2, 0.25) is 5.02 Å². The number of aliphatic hydroxyl groups is 1. The number of aromatic nitrogens is 3. The number of imidazole rings is 1. The van der Waals surface area contributed by atoms with Crippen LogP contribution in [0, 0.1) is 25.5 Å². The molecule has 0 unspecified atom stereocenters. The Morgan fingerprint density at radius 1 is 1.09 bits per heavy atom. The third-order valence-corrected chi connectivity index (χ3v) is 5.35. The third-order valence-electron chi connectivity index (χ3n) is 5.14. The predicted octanol–water partition coefficient (Wildman–Crippen LogP) is 4.96. The van der Waals surface area contributed by atoms with E-state index in [1.165, 1.54) is 12.3 Å².